The summed E-state index contributed by atoms with van der Waals surface area (Å²) in [6.45, 7) is 0. The van der Waals surface area contributed by atoms with E-state index in [0.717, 1.165) is 16.8 Å². The Hall–Kier alpha value is -4.06. The van der Waals surface area contributed by atoms with Crippen LogP contribution in [0.3, 0.4) is 0 Å². The minimum Gasteiger partial charge on any atom is -0.497 e. The van der Waals surface area contributed by atoms with Gasteiger partial charge in [0, 0.05) is 22.2 Å². The molecule has 3 atom stereocenters. The maximum Gasteiger partial charge on any atom is 0.185 e. The maximum absolute atomic E-state index is 14.1. The van der Waals surface area contributed by atoms with Crippen molar-refractivity contribution in [1.29, 1.82) is 10.5 Å². The van der Waals surface area contributed by atoms with Gasteiger partial charge in [-0.15, -0.1) is 0 Å². The number of fused-ring (bicyclic) bond motifs is 3. The molecule has 0 aliphatic carbocycles. The normalized spacial score (nSPS) is 21.6. The van der Waals surface area contributed by atoms with Crippen LogP contribution in [0.25, 0.3) is 6.08 Å². The Morgan fingerprint density at radius 1 is 1.03 bits per heavy atom. The van der Waals surface area contributed by atoms with Crippen molar-refractivity contribution >= 4 is 29.1 Å². The van der Waals surface area contributed by atoms with Crippen molar-refractivity contribution in [3.63, 3.8) is 0 Å². The number of ether oxygens (including phenoxy) is 1. The van der Waals surface area contributed by atoms with E-state index in [0.29, 0.717) is 16.3 Å². The first-order valence-electron chi connectivity index (χ1n) is 10.9. The van der Waals surface area contributed by atoms with Crippen LogP contribution in [0.15, 0.2) is 78.9 Å². The molecule has 2 aliphatic rings. The fourth-order valence-corrected chi connectivity index (χ4v) is 5.40. The minimum atomic E-state index is -1.49. The number of hydrogen-bond acceptors (Lipinski definition) is 5. The average Bonchev–Trinajstić information content (AvgIpc) is 3.19. The lowest BCUT2D eigenvalue weighted by molar-refractivity contribution is 0.0951. The van der Waals surface area contributed by atoms with Crippen molar-refractivity contribution in [2.45, 2.75) is 18.0 Å². The van der Waals surface area contributed by atoms with Crippen LogP contribution in [0.1, 0.15) is 27.4 Å². The number of methoxy groups -OCH3 is 1. The second-order valence-electron chi connectivity index (χ2n) is 8.43. The average molecular weight is 466 g/mol. The summed E-state index contributed by atoms with van der Waals surface area (Å²) < 4.78 is 5.30. The Kier molecular flexibility index (Phi) is 5.36. The third-order valence-electron chi connectivity index (χ3n) is 6.77. The van der Waals surface area contributed by atoms with Gasteiger partial charge in [0.25, 0.3) is 0 Å². The molecule has 34 heavy (non-hydrogen) atoms. The number of halogens is 1. The molecule has 166 valence electrons. The van der Waals surface area contributed by atoms with E-state index in [9.17, 15) is 15.3 Å². The van der Waals surface area contributed by atoms with Crippen molar-refractivity contribution in [3.8, 4) is 17.9 Å². The Morgan fingerprint density at radius 2 is 1.74 bits per heavy atom. The molecule has 2 aliphatic heterocycles. The van der Waals surface area contributed by atoms with Gasteiger partial charge in [-0.1, -0.05) is 66.2 Å². The first-order valence-corrected chi connectivity index (χ1v) is 11.2. The molecule has 1 saturated heterocycles. The van der Waals surface area contributed by atoms with E-state index in [1.165, 1.54) is 0 Å². The summed E-state index contributed by atoms with van der Waals surface area (Å²) in [4.78, 5) is 16.0. The summed E-state index contributed by atoms with van der Waals surface area (Å²) in [5, 5.41) is 21.5. The van der Waals surface area contributed by atoms with Gasteiger partial charge < -0.3 is 9.64 Å². The van der Waals surface area contributed by atoms with E-state index in [2.05, 4.69) is 12.1 Å². The van der Waals surface area contributed by atoms with Crippen LogP contribution in [0, 0.1) is 28.1 Å². The Balaban J connectivity index is 1.77. The molecule has 0 bridgehead atoms. The van der Waals surface area contributed by atoms with Crippen LogP contribution in [0.2, 0.25) is 5.02 Å². The number of carbonyl (C=O) groups excluding carboxylic acids is 1. The summed E-state index contributed by atoms with van der Waals surface area (Å²) in [6, 6.07) is 25.0. The first-order chi connectivity index (χ1) is 16.5. The predicted octanol–water partition coefficient (Wildman–Crippen LogP) is 5.63. The lowest BCUT2D eigenvalue weighted by Crippen LogP contribution is -2.44. The van der Waals surface area contributed by atoms with Crippen LogP contribution in [0.5, 0.6) is 5.75 Å². The smallest absolute Gasteiger partial charge is 0.185 e. The summed E-state index contributed by atoms with van der Waals surface area (Å²) in [7, 11) is 1.58. The fraction of sp³-hybridized carbons (Fsp3) is 0.179. The van der Waals surface area contributed by atoms with Crippen molar-refractivity contribution in [3.05, 3.63) is 101 Å². The van der Waals surface area contributed by atoms with E-state index in [-0.39, 0.29) is 5.78 Å². The van der Waals surface area contributed by atoms with E-state index in [1.807, 2.05) is 59.5 Å². The van der Waals surface area contributed by atoms with E-state index >= 15 is 0 Å². The lowest BCUT2D eigenvalue weighted by atomic mass is 9.69. The van der Waals surface area contributed by atoms with Gasteiger partial charge >= 0.3 is 0 Å². The van der Waals surface area contributed by atoms with E-state index in [4.69, 9.17) is 16.3 Å². The van der Waals surface area contributed by atoms with Gasteiger partial charge in [0.1, 0.15) is 11.8 Å². The Morgan fingerprint density at radius 3 is 2.38 bits per heavy atom. The molecule has 1 fully saturated rings. The number of anilines is 1. The summed E-state index contributed by atoms with van der Waals surface area (Å²) in [6.07, 6.45) is 3.73. The topological polar surface area (TPSA) is 77.1 Å². The Labute approximate surface area is 203 Å². The highest BCUT2D eigenvalue weighted by atomic mass is 35.5. The van der Waals surface area contributed by atoms with Gasteiger partial charge in [-0.05, 0) is 41.5 Å². The molecule has 6 heteroatoms. The molecule has 0 N–H and O–H groups in total. The van der Waals surface area contributed by atoms with Crippen molar-refractivity contribution < 1.29 is 9.53 Å². The second kappa shape index (κ2) is 8.37. The number of rotatable bonds is 4. The van der Waals surface area contributed by atoms with Crippen LogP contribution >= 0.6 is 11.6 Å². The molecule has 5 nitrogen and oxygen atoms in total. The van der Waals surface area contributed by atoms with Crippen molar-refractivity contribution in [1.82, 2.24) is 0 Å². The number of nitriles is 2. The SMILES string of the molecule is COc1ccc([C@H]2[C@H](C(=O)c3ccccc3)N3c4ccc(Cl)cc4C=C[C@H]3C2(C#N)C#N)cc1. The molecular weight excluding hydrogens is 446 g/mol. The zero-order valence-corrected chi connectivity index (χ0v) is 19.1. The first kappa shape index (κ1) is 21.8. The molecule has 0 aromatic heterocycles. The minimum absolute atomic E-state index is 0.144. The van der Waals surface area contributed by atoms with Gasteiger partial charge in [-0.2, -0.15) is 10.5 Å². The highest BCUT2D eigenvalue weighted by Gasteiger charge is 2.63. The van der Waals surface area contributed by atoms with E-state index < -0.39 is 23.4 Å². The molecule has 0 radical (unpaired) electrons. The number of benzene rings is 3. The van der Waals surface area contributed by atoms with Crippen LogP contribution in [-0.2, 0) is 0 Å². The summed E-state index contributed by atoms with van der Waals surface area (Å²) in [5.41, 5.74) is 1.39. The number of hydrogen-bond donors (Lipinski definition) is 0. The van der Waals surface area contributed by atoms with Crippen molar-refractivity contribution in [2.24, 2.45) is 5.41 Å². The van der Waals surface area contributed by atoms with Gasteiger partial charge in [-0.3, -0.25) is 4.79 Å². The molecule has 2 heterocycles. The quantitative estimate of drug-likeness (QED) is 0.466. The highest BCUT2D eigenvalue weighted by Crippen LogP contribution is 2.55. The van der Waals surface area contributed by atoms with Crippen LogP contribution in [0.4, 0.5) is 5.69 Å². The van der Waals surface area contributed by atoms with Gasteiger partial charge in [0.05, 0.1) is 25.3 Å². The van der Waals surface area contributed by atoms with Gasteiger partial charge in [-0.25, -0.2) is 0 Å². The standard InChI is InChI=1S/C28H20ClN3O2/c1-34-22-11-7-18(8-12-22)25-26(27(33)19-5-3-2-4-6-19)32-23-13-10-21(29)15-20(23)9-14-24(32)28(25,16-30)17-31/h2-15,24-26H,1H3/t24-,25-,26+/m0/s1. The predicted molar refractivity (Wildman–Crippen MR) is 131 cm³/mol. The largest absolute Gasteiger partial charge is 0.497 e. The number of carbonyl (C=O) groups is 1. The molecule has 0 unspecified atom stereocenters. The second-order valence-corrected chi connectivity index (χ2v) is 8.87. The summed E-state index contributed by atoms with van der Waals surface area (Å²) in [5.74, 6) is -0.183. The molecular formula is C28H20ClN3O2. The molecule has 0 amide bonds. The number of ketones is 1. The highest BCUT2D eigenvalue weighted by molar-refractivity contribution is 6.30. The lowest BCUT2D eigenvalue weighted by Gasteiger charge is -2.35. The fourth-order valence-electron chi connectivity index (χ4n) is 5.22. The molecule has 3 aromatic carbocycles. The third kappa shape index (κ3) is 3.17. The number of Topliss-reactive ketones (excluding diaryl/α,β-unsaturated/α-hetero) is 1. The van der Waals surface area contributed by atoms with Gasteiger partial charge in [0.2, 0.25) is 0 Å². The third-order valence-corrected chi connectivity index (χ3v) is 7.00. The molecule has 0 saturated carbocycles. The molecule has 0 spiro atoms. The van der Waals surface area contributed by atoms with E-state index in [1.54, 1.807) is 37.4 Å². The maximum atomic E-state index is 14.1. The van der Waals surface area contributed by atoms with Crippen LogP contribution < -0.4 is 9.64 Å². The Bertz CT molecular complexity index is 1360. The van der Waals surface area contributed by atoms with Crippen molar-refractivity contribution in [2.75, 3.05) is 12.0 Å². The summed E-state index contributed by atoms with van der Waals surface area (Å²) >= 11 is 6.24. The zero-order valence-electron chi connectivity index (χ0n) is 18.4. The zero-order chi connectivity index (χ0) is 23.9. The number of nitrogens with zero attached hydrogens (tertiary/aromatic N) is 3. The molecule has 3 aromatic rings. The molecule has 5 rings (SSSR count). The van der Waals surface area contributed by atoms with Gasteiger partial charge in [0.15, 0.2) is 11.2 Å². The monoisotopic (exact) mass is 465 g/mol. The van der Waals surface area contributed by atoms with Crippen LogP contribution in [-0.4, -0.2) is 25.0 Å².